The number of hydrogen-bond acceptors (Lipinski definition) is 5. The summed E-state index contributed by atoms with van der Waals surface area (Å²) < 4.78 is 38.3. The first-order valence-corrected chi connectivity index (χ1v) is 6.68. The van der Waals surface area contributed by atoms with Crippen molar-refractivity contribution >= 4 is 23.2 Å². The molecule has 0 radical (unpaired) electrons. The van der Waals surface area contributed by atoms with Crippen LogP contribution in [0.25, 0.3) is 5.82 Å². The van der Waals surface area contributed by atoms with Gasteiger partial charge in [-0.3, -0.25) is 9.89 Å². The maximum Gasteiger partial charge on any atom is 0.433 e. The highest BCUT2D eigenvalue weighted by Gasteiger charge is 2.37. The lowest BCUT2D eigenvalue weighted by Crippen LogP contribution is -2.18. The Hall–Kier alpha value is -2.95. The molecule has 0 saturated heterocycles. The smallest absolute Gasteiger partial charge is 0.320 e. The summed E-state index contributed by atoms with van der Waals surface area (Å²) in [5.74, 6) is -0.794. The maximum atomic E-state index is 12.8. The second kappa shape index (κ2) is 5.92. The summed E-state index contributed by atoms with van der Waals surface area (Å²) in [6, 6.07) is 1.32. The molecule has 0 saturated carbocycles. The van der Waals surface area contributed by atoms with Crippen molar-refractivity contribution in [3.8, 4) is 5.82 Å². The molecule has 0 unspecified atom stereocenters. The Morgan fingerprint density at radius 2 is 1.96 bits per heavy atom. The molecule has 12 heteroatoms. The molecule has 0 bridgehead atoms. The van der Waals surface area contributed by atoms with Crippen molar-refractivity contribution < 1.29 is 18.0 Å². The number of hydrogen-bond donors (Lipinski definition) is 2. The number of carbonyl (C=O) groups excluding carboxylic acids is 1. The van der Waals surface area contributed by atoms with Crippen molar-refractivity contribution in [1.29, 1.82) is 0 Å². The molecule has 0 fully saturated rings. The van der Waals surface area contributed by atoms with Gasteiger partial charge in [-0.25, -0.2) is 4.98 Å². The summed E-state index contributed by atoms with van der Waals surface area (Å²) in [6.45, 7) is 0. The van der Waals surface area contributed by atoms with E-state index in [1.807, 2.05) is 0 Å². The minimum atomic E-state index is -4.73. The van der Waals surface area contributed by atoms with E-state index in [-0.39, 0.29) is 16.5 Å². The molecule has 0 aliphatic heterocycles. The standard InChI is InChI=1S/C12H7ClF3N7O/c13-8-3-6(4-17-10(8)23-19-1-2-20-23)21-11(24)7-5-18-22-9(7)12(14,15)16/h1-5H,(H,18,22)(H,21,24). The van der Waals surface area contributed by atoms with Gasteiger partial charge in [0, 0.05) is 0 Å². The van der Waals surface area contributed by atoms with Crippen LogP contribution in [0, 0.1) is 0 Å². The zero-order chi connectivity index (χ0) is 17.3. The molecule has 3 aromatic rings. The number of halogens is 4. The molecular formula is C12H7ClF3N7O. The van der Waals surface area contributed by atoms with Crippen molar-refractivity contribution in [3.63, 3.8) is 0 Å². The van der Waals surface area contributed by atoms with Gasteiger partial charge in [0.2, 0.25) is 0 Å². The predicted molar refractivity (Wildman–Crippen MR) is 75.7 cm³/mol. The van der Waals surface area contributed by atoms with Gasteiger partial charge in [-0.15, -0.1) is 4.80 Å². The Balaban J connectivity index is 1.83. The van der Waals surface area contributed by atoms with E-state index in [0.29, 0.717) is 0 Å². The Morgan fingerprint density at radius 1 is 1.25 bits per heavy atom. The molecule has 1 amide bonds. The van der Waals surface area contributed by atoms with Crippen LogP contribution in [0.1, 0.15) is 16.1 Å². The van der Waals surface area contributed by atoms with Gasteiger partial charge in [0.15, 0.2) is 11.5 Å². The van der Waals surface area contributed by atoms with Gasteiger partial charge < -0.3 is 5.32 Å². The monoisotopic (exact) mass is 357 g/mol. The Labute approximate surface area is 136 Å². The largest absolute Gasteiger partial charge is 0.433 e. The number of aromatic amines is 1. The zero-order valence-electron chi connectivity index (χ0n) is 11.5. The number of alkyl halides is 3. The van der Waals surface area contributed by atoms with Crippen LogP contribution in [0.15, 0.2) is 30.9 Å². The van der Waals surface area contributed by atoms with E-state index in [1.165, 1.54) is 24.7 Å². The number of anilines is 1. The number of pyridine rings is 1. The van der Waals surface area contributed by atoms with Gasteiger partial charge in [-0.2, -0.15) is 28.5 Å². The fourth-order valence-corrected chi connectivity index (χ4v) is 2.09. The molecule has 3 heterocycles. The average molecular weight is 358 g/mol. The number of amides is 1. The number of carbonyl (C=O) groups is 1. The van der Waals surface area contributed by atoms with E-state index < -0.39 is 23.3 Å². The fraction of sp³-hybridized carbons (Fsp3) is 0.0833. The molecule has 2 N–H and O–H groups in total. The van der Waals surface area contributed by atoms with Gasteiger partial charge in [-0.1, -0.05) is 11.6 Å². The molecule has 124 valence electrons. The van der Waals surface area contributed by atoms with Crippen LogP contribution >= 0.6 is 11.6 Å². The van der Waals surface area contributed by atoms with E-state index >= 15 is 0 Å². The Kier molecular flexibility index (Phi) is 3.93. The second-order valence-corrected chi connectivity index (χ2v) is 4.87. The zero-order valence-corrected chi connectivity index (χ0v) is 12.3. The minimum Gasteiger partial charge on any atom is -0.320 e. The first kappa shape index (κ1) is 15.9. The van der Waals surface area contributed by atoms with Crippen molar-refractivity contribution in [2.75, 3.05) is 5.32 Å². The predicted octanol–water partition coefficient (Wildman–Crippen LogP) is 2.31. The molecule has 8 nitrogen and oxygen atoms in total. The summed E-state index contributed by atoms with van der Waals surface area (Å²) in [5, 5.41) is 15.1. The third kappa shape index (κ3) is 3.06. The van der Waals surface area contributed by atoms with E-state index in [0.717, 1.165) is 11.0 Å². The third-order valence-electron chi connectivity index (χ3n) is 2.86. The number of H-pyrrole nitrogens is 1. The van der Waals surface area contributed by atoms with Crippen LogP contribution in [0.5, 0.6) is 0 Å². The Bertz CT molecular complexity index is 875. The van der Waals surface area contributed by atoms with Crippen molar-refractivity contribution in [1.82, 2.24) is 30.2 Å². The topological polar surface area (TPSA) is 101 Å². The lowest BCUT2D eigenvalue weighted by Gasteiger charge is -2.09. The second-order valence-electron chi connectivity index (χ2n) is 4.46. The van der Waals surface area contributed by atoms with E-state index in [1.54, 1.807) is 5.10 Å². The molecule has 0 aliphatic rings. The molecule has 0 spiro atoms. The Morgan fingerprint density at radius 3 is 2.58 bits per heavy atom. The van der Waals surface area contributed by atoms with E-state index in [2.05, 4.69) is 25.6 Å². The van der Waals surface area contributed by atoms with Crippen molar-refractivity contribution in [2.45, 2.75) is 6.18 Å². The number of nitrogens with zero attached hydrogens (tertiary/aromatic N) is 5. The lowest BCUT2D eigenvalue weighted by atomic mass is 10.2. The summed E-state index contributed by atoms with van der Waals surface area (Å²) >= 11 is 6.02. The SMILES string of the molecule is O=C(Nc1cnc(-n2nccn2)c(Cl)c1)c1cn[nH]c1C(F)(F)F. The summed E-state index contributed by atoms with van der Waals surface area (Å²) in [6.07, 6.45) is 0.121. The summed E-state index contributed by atoms with van der Waals surface area (Å²) in [4.78, 5) is 17.1. The average Bonchev–Trinajstić information content (AvgIpc) is 3.18. The molecule has 3 rings (SSSR count). The van der Waals surface area contributed by atoms with Crippen LogP contribution in [0.2, 0.25) is 5.02 Å². The van der Waals surface area contributed by atoms with Crippen molar-refractivity contribution in [3.05, 3.63) is 47.1 Å². The van der Waals surface area contributed by atoms with Gasteiger partial charge in [0.25, 0.3) is 5.91 Å². The number of nitrogens with one attached hydrogen (secondary N) is 2. The molecule has 24 heavy (non-hydrogen) atoms. The normalized spacial score (nSPS) is 11.5. The van der Waals surface area contributed by atoms with Crippen LogP contribution < -0.4 is 5.32 Å². The van der Waals surface area contributed by atoms with Crippen LogP contribution in [-0.2, 0) is 6.18 Å². The minimum absolute atomic E-state index is 0.104. The molecular weight excluding hydrogens is 351 g/mol. The van der Waals surface area contributed by atoms with Crippen LogP contribution in [0.4, 0.5) is 18.9 Å². The van der Waals surface area contributed by atoms with Gasteiger partial charge in [0.1, 0.15) is 0 Å². The summed E-state index contributed by atoms with van der Waals surface area (Å²) in [5.41, 5.74) is -1.77. The highest BCUT2D eigenvalue weighted by Crippen LogP contribution is 2.30. The fourth-order valence-electron chi connectivity index (χ4n) is 1.84. The van der Waals surface area contributed by atoms with Crippen LogP contribution in [0.3, 0.4) is 0 Å². The highest BCUT2D eigenvalue weighted by molar-refractivity contribution is 6.32. The first-order valence-electron chi connectivity index (χ1n) is 6.30. The van der Waals surface area contributed by atoms with E-state index in [9.17, 15) is 18.0 Å². The molecule has 3 aromatic heterocycles. The summed E-state index contributed by atoms with van der Waals surface area (Å²) in [7, 11) is 0. The maximum absolute atomic E-state index is 12.8. The quantitative estimate of drug-likeness (QED) is 0.749. The molecule has 0 aliphatic carbocycles. The number of aromatic nitrogens is 6. The first-order chi connectivity index (χ1) is 11.4. The van der Waals surface area contributed by atoms with E-state index in [4.69, 9.17) is 11.6 Å². The third-order valence-corrected chi connectivity index (χ3v) is 3.13. The van der Waals surface area contributed by atoms with Crippen molar-refractivity contribution in [2.24, 2.45) is 0 Å². The van der Waals surface area contributed by atoms with Gasteiger partial charge in [0.05, 0.1) is 41.1 Å². The van der Waals surface area contributed by atoms with Crippen LogP contribution in [-0.4, -0.2) is 36.1 Å². The molecule has 0 atom stereocenters. The number of rotatable bonds is 3. The lowest BCUT2D eigenvalue weighted by molar-refractivity contribution is -0.141. The van der Waals surface area contributed by atoms with Gasteiger partial charge in [-0.05, 0) is 6.07 Å². The van der Waals surface area contributed by atoms with Gasteiger partial charge >= 0.3 is 6.18 Å². The molecule has 0 aromatic carbocycles. The highest BCUT2D eigenvalue weighted by atomic mass is 35.5.